The lowest BCUT2D eigenvalue weighted by atomic mass is 10.00. The van der Waals surface area contributed by atoms with Crippen molar-refractivity contribution in [2.45, 2.75) is 44.4 Å². The summed E-state index contributed by atoms with van der Waals surface area (Å²) in [4.78, 5) is 16.5. The summed E-state index contributed by atoms with van der Waals surface area (Å²) in [5.74, 6) is 2.21. The Hall–Kier alpha value is -2.77. The SMILES string of the molecule is COCCC(O)N1CCN(c2nc(C3CC3)c(-c3ccc(N4CCNCC4)nc3)cc2C#N)C[C@H]1C. The Kier molecular flexibility index (Phi) is 7.67. The predicted octanol–water partition coefficient (Wildman–Crippen LogP) is 2.17. The van der Waals surface area contributed by atoms with Crippen LogP contribution in [-0.2, 0) is 4.74 Å². The molecule has 2 aromatic rings. The van der Waals surface area contributed by atoms with Crippen molar-refractivity contribution < 1.29 is 9.84 Å². The second-order valence-corrected chi connectivity index (χ2v) is 10.1. The molecule has 9 heteroatoms. The fraction of sp³-hybridized carbons (Fsp3) is 0.593. The molecule has 1 unspecified atom stereocenters. The maximum Gasteiger partial charge on any atom is 0.146 e. The maximum atomic E-state index is 10.6. The number of methoxy groups -OCH3 is 1. The Morgan fingerprint density at radius 3 is 2.64 bits per heavy atom. The third kappa shape index (κ3) is 5.32. The third-order valence-corrected chi connectivity index (χ3v) is 7.56. The van der Waals surface area contributed by atoms with Gasteiger partial charge in [0.05, 0.1) is 11.3 Å². The van der Waals surface area contributed by atoms with E-state index in [1.165, 1.54) is 0 Å². The zero-order valence-corrected chi connectivity index (χ0v) is 21.4. The van der Waals surface area contributed by atoms with E-state index in [2.05, 4.69) is 45.1 Å². The van der Waals surface area contributed by atoms with E-state index in [1.807, 2.05) is 12.3 Å². The molecule has 192 valence electrons. The highest BCUT2D eigenvalue weighted by Gasteiger charge is 2.33. The summed E-state index contributed by atoms with van der Waals surface area (Å²) in [5, 5.41) is 24.0. The molecule has 0 aromatic carbocycles. The lowest BCUT2D eigenvalue weighted by Gasteiger charge is -2.42. The molecule has 1 saturated carbocycles. The largest absolute Gasteiger partial charge is 0.385 e. The van der Waals surface area contributed by atoms with E-state index in [4.69, 9.17) is 14.7 Å². The van der Waals surface area contributed by atoms with Crippen LogP contribution in [0.5, 0.6) is 0 Å². The molecule has 2 saturated heterocycles. The molecular weight excluding hydrogens is 454 g/mol. The monoisotopic (exact) mass is 491 g/mol. The number of hydrogen-bond donors (Lipinski definition) is 2. The number of piperazine rings is 2. The van der Waals surface area contributed by atoms with Crippen LogP contribution in [0.1, 0.15) is 43.4 Å². The standard InChI is InChI=1S/C27H37N7O2/c1-19-18-33(12-13-34(19)25(35)7-14-36-2)27-22(16-28)15-23(26(31-27)20-3-4-20)21-5-6-24(30-17-21)32-10-8-29-9-11-32/h5-6,15,17,19-20,25,29,35H,3-4,7-14,18H2,1-2H3/t19-,25?/m1/s1. The Balaban J connectivity index is 1.39. The van der Waals surface area contributed by atoms with Crippen LogP contribution in [0, 0.1) is 11.3 Å². The summed E-state index contributed by atoms with van der Waals surface area (Å²) in [7, 11) is 1.65. The minimum atomic E-state index is -0.522. The van der Waals surface area contributed by atoms with Gasteiger partial charge in [0.15, 0.2) is 0 Å². The second-order valence-electron chi connectivity index (χ2n) is 10.1. The zero-order valence-electron chi connectivity index (χ0n) is 21.4. The smallest absolute Gasteiger partial charge is 0.146 e. The van der Waals surface area contributed by atoms with E-state index in [0.717, 1.165) is 87.1 Å². The van der Waals surface area contributed by atoms with Crippen LogP contribution in [0.2, 0.25) is 0 Å². The average molecular weight is 492 g/mol. The Bertz CT molecular complexity index is 1080. The van der Waals surface area contributed by atoms with Crippen molar-refractivity contribution in [3.05, 3.63) is 35.7 Å². The lowest BCUT2D eigenvalue weighted by molar-refractivity contribution is -0.0420. The quantitative estimate of drug-likeness (QED) is 0.575. The van der Waals surface area contributed by atoms with Crippen LogP contribution >= 0.6 is 0 Å². The molecule has 5 rings (SSSR count). The molecule has 0 amide bonds. The van der Waals surface area contributed by atoms with Crippen molar-refractivity contribution in [1.29, 1.82) is 5.26 Å². The number of aliphatic hydroxyl groups excluding tert-OH is 1. The topological polar surface area (TPSA) is 101 Å². The average Bonchev–Trinajstić information content (AvgIpc) is 3.77. The Morgan fingerprint density at radius 2 is 2.00 bits per heavy atom. The number of anilines is 2. The van der Waals surface area contributed by atoms with Gasteiger partial charge in [-0.3, -0.25) is 4.90 Å². The van der Waals surface area contributed by atoms with Gasteiger partial charge in [-0.05, 0) is 38.0 Å². The Labute approximate surface area is 213 Å². The number of nitriles is 1. The van der Waals surface area contributed by atoms with Crippen molar-refractivity contribution >= 4 is 11.6 Å². The van der Waals surface area contributed by atoms with Gasteiger partial charge in [-0.2, -0.15) is 5.26 Å². The van der Waals surface area contributed by atoms with Gasteiger partial charge in [0, 0.05) is 95.2 Å². The van der Waals surface area contributed by atoms with E-state index in [0.29, 0.717) is 24.5 Å². The molecule has 2 atom stereocenters. The molecule has 2 N–H and O–H groups in total. The van der Waals surface area contributed by atoms with Gasteiger partial charge in [0.2, 0.25) is 0 Å². The highest BCUT2D eigenvalue weighted by atomic mass is 16.5. The highest BCUT2D eigenvalue weighted by molar-refractivity contribution is 5.72. The van der Waals surface area contributed by atoms with Crippen molar-refractivity contribution in [2.24, 2.45) is 0 Å². The highest BCUT2D eigenvalue weighted by Crippen LogP contribution is 2.45. The summed E-state index contributed by atoms with van der Waals surface area (Å²) in [5.41, 5.74) is 3.72. The molecule has 9 nitrogen and oxygen atoms in total. The molecule has 36 heavy (non-hydrogen) atoms. The number of rotatable bonds is 8. The van der Waals surface area contributed by atoms with E-state index in [-0.39, 0.29) is 6.04 Å². The number of aliphatic hydroxyl groups is 1. The molecule has 3 aliphatic rings. The third-order valence-electron chi connectivity index (χ3n) is 7.56. The van der Waals surface area contributed by atoms with E-state index < -0.39 is 6.23 Å². The van der Waals surface area contributed by atoms with Gasteiger partial charge in [-0.25, -0.2) is 9.97 Å². The number of nitrogens with zero attached hydrogens (tertiary/aromatic N) is 6. The van der Waals surface area contributed by atoms with Crippen LogP contribution in [0.3, 0.4) is 0 Å². The van der Waals surface area contributed by atoms with Gasteiger partial charge in [-0.1, -0.05) is 0 Å². The molecular formula is C27H37N7O2. The van der Waals surface area contributed by atoms with Crippen LogP contribution in [0.4, 0.5) is 11.6 Å². The molecule has 2 aliphatic heterocycles. The number of ether oxygens (including phenoxy) is 1. The van der Waals surface area contributed by atoms with Gasteiger partial charge < -0.3 is 25.0 Å². The van der Waals surface area contributed by atoms with Gasteiger partial charge in [-0.15, -0.1) is 0 Å². The number of aromatic nitrogens is 2. The number of nitrogens with one attached hydrogen (secondary N) is 1. The summed E-state index contributed by atoms with van der Waals surface area (Å²) in [6, 6.07) is 8.78. The Morgan fingerprint density at radius 1 is 1.19 bits per heavy atom. The summed E-state index contributed by atoms with van der Waals surface area (Å²) in [6.07, 6.45) is 4.26. The first-order valence-electron chi connectivity index (χ1n) is 13.1. The van der Waals surface area contributed by atoms with Crippen molar-refractivity contribution in [2.75, 3.05) is 69.3 Å². The minimum Gasteiger partial charge on any atom is -0.385 e. The molecule has 1 aliphatic carbocycles. The molecule has 0 bridgehead atoms. The van der Waals surface area contributed by atoms with Crippen LogP contribution < -0.4 is 15.1 Å². The van der Waals surface area contributed by atoms with Gasteiger partial charge >= 0.3 is 0 Å². The minimum absolute atomic E-state index is 0.143. The first-order chi connectivity index (χ1) is 17.6. The van der Waals surface area contributed by atoms with Gasteiger partial charge in [0.25, 0.3) is 0 Å². The summed E-state index contributed by atoms with van der Waals surface area (Å²) >= 11 is 0. The zero-order chi connectivity index (χ0) is 25.1. The van der Waals surface area contributed by atoms with Crippen molar-refractivity contribution in [3.8, 4) is 17.2 Å². The van der Waals surface area contributed by atoms with E-state index in [1.54, 1.807) is 7.11 Å². The maximum absolute atomic E-state index is 10.6. The van der Waals surface area contributed by atoms with Crippen molar-refractivity contribution in [1.82, 2.24) is 20.2 Å². The van der Waals surface area contributed by atoms with Crippen LogP contribution in [0.15, 0.2) is 24.4 Å². The van der Waals surface area contributed by atoms with Crippen LogP contribution in [-0.4, -0.2) is 91.8 Å². The lowest BCUT2D eigenvalue weighted by Crippen LogP contribution is -2.56. The number of hydrogen-bond acceptors (Lipinski definition) is 9. The van der Waals surface area contributed by atoms with Crippen molar-refractivity contribution in [3.63, 3.8) is 0 Å². The first kappa shape index (κ1) is 24.9. The summed E-state index contributed by atoms with van der Waals surface area (Å²) < 4.78 is 5.13. The summed E-state index contributed by atoms with van der Waals surface area (Å²) in [6.45, 7) is 8.69. The first-order valence-corrected chi connectivity index (χ1v) is 13.1. The van der Waals surface area contributed by atoms with E-state index >= 15 is 0 Å². The fourth-order valence-electron chi connectivity index (χ4n) is 5.36. The molecule has 2 aromatic heterocycles. The normalized spacial score (nSPS) is 21.9. The van der Waals surface area contributed by atoms with E-state index in [9.17, 15) is 10.4 Å². The molecule has 4 heterocycles. The molecule has 3 fully saturated rings. The van der Waals surface area contributed by atoms with Crippen LogP contribution in [0.25, 0.3) is 11.1 Å². The predicted molar refractivity (Wildman–Crippen MR) is 140 cm³/mol. The fourth-order valence-corrected chi connectivity index (χ4v) is 5.36. The molecule has 0 spiro atoms. The second kappa shape index (κ2) is 11.1. The number of pyridine rings is 2. The van der Waals surface area contributed by atoms with Gasteiger partial charge in [0.1, 0.15) is 23.9 Å². The molecule has 0 radical (unpaired) electrons.